The van der Waals surface area contributed by atoms with Crippen molar-refractivity contribution in [3.63, 3.8) is 0 Å². The van der Waals surface area contributed by atoms with E-state index >= 15 is 0 Å². The van der Waals surface area contributed by atoms with Gasteiger partial charge >= 0.3 is 7.75 Å². The maximum absolute atomic E-state index is 12.3. The molecule has 0 aliphatic heterocycles. The second-order valence-corrected chi connectivity index (χ2v) is 8.61. The molecule has 0 spiro atoms. The molecule has 0 amide bonds. The fourth-order valence-electron chi connectivity index (χ4n) is 3.11. The number of methoxy groups -OCH3 is 2. The van der Waals surface area contributed by atoms with Gasteiger partial charge in [-0.25, -0.2) is 14.6 Å². The van der Waals surface area contributed by atoms with E-state index in [0.29, 0.717) is 23.5 Å². The molecule has 0 bridgehead atoms. The van der Waals surface area contributed by atoms with E-state index in [4.69, 9.17) is 19.7 Å². The first-order chi connectivity index (χ1) is 14.8. The summed E-state index contributed by atoms with van der Waals surface area (Å²) in [5.41, 5.74) is 7.68. The second-order valence-electron chi connectivity index (χ2n) is 6.99. The number of hydrogen-bond donors (Lipinski definition) is 3. The zero-order valence-corrected chi connectivity index (χ0v) is 18.5. The Morgan fingerprint density at radius 2 is 2.00 bits per heavy atom. The number of nitrogen functional groups attached to an aromatic ring is 1. The lowest BCUT2D eigenvalue weighted by molar-refractivity contribution is 0.0384. The summed E-state index contributed by atoms with van der Waals surface area (Å²) in [6.45, 7) is 2.10. The summed E-state index contributed by atoms with van der Waals surface area (Å²) < 4.78 is 30.1. The molecule has 3 atom stereocenters. The first-order valence-electron chi connectivity index (χ1n) is 9.66. The topological polar surface area (TPSA) is 147 Å². The van der Waals surface area contributed by atoms with E-state index in [2.05, 4.69) is 20.0 Å². The maximum atomic E-state index is 12.3. The van der Waals surface area contributed by atoms with Crippen LogP contribution in [0.15, 0.2) is 36.7 Å². The molecule has 1 aromatic carbocycles. The highest BCUT2D eigenvalue weighted by Gasteiger charge is 2.24. The number of nitrogens with two attached hydrogens (primary N) is 1. The Morgan fingerprint density at radius 1 is 1.26 bits per heavy atom. The number of imidazole rings is 1. The third kappa shape index (κ3) is 5.99. The fraction of sp³-hybridized carbons (Fsp3) is 0.421. The lowest BCUT2D eigenvalue weighted by atomic mass is 10.1. The van der Waals surface area contributed by atoms with Crippen LogP contribution >= 0.6 is 7.75 Å². The molecule has 0 aliphatic carbocycles. The van der Waals surface area contributed by atoms with E-state index in [1.807, 2.05) is 41.8 Å². The smallest absolute Gasteiger partial charge is 0.403 e. The van der Waals surface area contributed by atoms with Crippen molar-refractivity contribution in [2.45, 2.75) is 32.0 Å². The summed E-state index contributed by atoms with van der Waals surface area (Å²) in [6, 6.07) is 9.18. The zero-order valence-electron chi connectivity index (χ0n) is 17.6. The summed E-state index contributed by atoms with van der Waals surface area (Å²) in [4.78, 5) is 22.7. The lowest BCUT2D eigenvalue weighted by Gasteiger charge is -2.22. The molecule has 2 aromatic heterocycles. The molecular formula is C19H27N6O5P. The minimum Gasteiger partial charge on any atom is -0.479 e. The molecule has 31 heavy (non-hydrogen) atoms. The molecule has 3 aromatic rings. The van der Waals surface area contributed by atoms with Crippen LogP contribution in [0.2, 0.25) is 0 Å². The summed E-state index contributed by atoms with van der Waals surface area (Å²) in [5.74, 6) is 0.376. The van der Waals surface area contributed by atoms with Gasteiger partial charge in [0.1, 0.15) is 0 Å². The Morgan fingerprint density at radius 3 is 2.68 bits per heavy atom. The number of benzene rings is 1. The molecule has 0 saturated carbocycles. The summed E-state index contributed by atoms with van der Waals surface area (Å²) in [6.07, 6.45) is 1.66. The van der Waals surface area contributed by atoms with Crippen LogP contribution in [0.5, 0.6) is 5.88 Å². The SMILES string of the molecule is COc1nc(N)nc2c1ncn2C(C)CC(COP(=O)(O)NCc1ccccc1)OC. The molecule has 0 radical (unpaired) electrons. The van der Waals surface area contributed by atoms with E-state index in [-0.39, 0.29) is 25.1 Å². The highest BCUT2D eigenvalue weighted by atomic mass is 31.2. The minimum absolute atomic E-state index is 0.0660. The Bertz CT molecular complexity index is 1050. The van der Waals surface area contributed by atoms with Crippen LogP contribution in [0.25, 0.3) is 11.2 Å². The number of anilines is 1. The third-order valence-corrected chi connectivity index (χ3v) is 5.83. The van der Waals surface area contributed by atoms with E-state index in [1.54, 1.807) is 6.33 Å². The van der Waals surface area contributed by atoms with Crippen LogP contribution in [0.4, 0.5) is 5.95 Å². The quantitative estimate of drug-likeness (QED) is 0.372. The first-order valence-corrected chi connectivity index (χ1v) is 11.2. The zero-order chi connectivity index (χ0) is 22.4. The summed E-state index contributed by atoms with van der Waals surface area (Å²) >= 11 is 0. The number of rotatable bonds is 11. The molecule has 0 saturated heterocycles. The Kier molecular flexibility index (Phi) is 7.58. The van der Waals surface area contributed by atoms with Gasteiger partial charge in [0, 0.05) is 19.7 Å². The van der Waals surface area contributed by atoms with Crippen molar-refractivity contribution in [1.29, 1.82) is 0 Å². The highest BCUT2D eigenvalue weighted by Crippen LogP contribution is 2.38. The number of hydrogen-bond acceptors (Lipinski definition) is 8. The van der Waals surface area contributed by atoms with Crippen LogP contribution in [0.3, 0.4) is 0 Å². The van der Waals surface area contributed by atoms with Gasteiger partial charge in [-0.05, 0) is 18.9 Å². The normalized spacial score (nSPS) is 15.5. The van der Waals surface area contributed by atoms with E-state index in [0.717, 1.165) is 5.56 Å². The van der Waals surface area contributed by atoms with Gasteiger partial charge < -0.3 is 24.7 Å². The van der Waals surface area contributed by atoms with Gasteiger partial charge in [-0.15, -0.1) is 0 Å². The summed E-state index contributed by atoms with van der Waals surface area (Å²) in [5, 5.41) is 2.55. The molecule has 0 fully saturated rings. The third-order valence-electron chi connectivity index (χ3n) is 4.77. The van der Waals surface area contributed by atoms with E-state index in [9.17, 15) is 9.46 Å². The van der Waals surface area contributed by atoms with Gasteiger partial charge in [-0.2, -0.15) is 9.97 Å². The molecule has 3 rings (SSSR count). The van der Waals surface area contributed by atoms with Crippen molar-refractivity contribution in [2.24, 2.45) is 0 Å². The first kappa shape index (κ1) is 23.1. The van der Waals surface area contributed by atoms with E-state index < -0.39 is 13.9 Å². The molecule has 168 valence electrons. The largest absolute Gasteiger partial charge is 0.479 e. The van der Waals surface area contributed by atoms with Crippen LogP contribution in [0, 0.1) is 0 Å². The molecular weight excluding hydrogens is 423 g/mol. The predicted octanol–water partition coefficient (Wildman–Crippen LogP) is 2.29. The van der Waals surface area contributed by atoms with Gasteiger partial charge in [0.15, 0.2) is 11.2 Å². The predicted molar refractivity (Wildman–Crippen MR) is 115 cm³/mol. The maximum Gasteiger partial charge on any atom is 0.403 e. The number of nitrogens with one attached hydrogen (secondary N) is 1. The average Bonchev–Trinajstić information content (AvgIpc) is 3.19. The van der Waals surface area contributed by atoms with Gasteiger partial charge in [-0.3, -0.25) is 4.52 Å². The number of aromatic nitrogens is 4. The van der Waals surface area contributed by atoms with Crippen LogP contribution in [0.1, 0.15) is 24.9 Å². The summed E-state index contributed by atoms with van der Waals surface area (Å²) in [7, 11) is -0.977. The van der Waals surface area contributed by atoms with Crippen molar-refractivity contribution in [2.75, 3.05) is 26.6 Å². The van der Waals surface area contributed by atoms with E-state index in [1.165, 1.54) is 14.2 Å². The molecule has 0 aliphatic rings. The molecule has 11 nitrogen and oxygen atoms in total. The van der Waals surface area contributed by atoms with Crippen molar-refractivity contribution in [3.05, 3.63) is 42.2 Å². The average molecular weight is 450 g/mol. The Hall–Kier alpha value is -2.56. The number of nitrogens with zero attached hydrogens (tertiary/aromatic N) is 4. The van der Waals surface area contributed by atoms with Crippen LogP contribution < -0.4 is 15.6 Å². The van der Waals surface area contributed by atoms with Crippen molar-refractivity contribution in [1.82, 2.24) is 24.6 Å². The van der Waals surface area contributed by atoms with Crippen molar-refractivity contribution in [3.8, 4) is 5.88 Å². The Labute approximate surface area is 180 Å². The van der Waals surface area contributed by atoms with Crippen molar-refractivity contribution >= 4 is 24.9 Å². The Balaban J connectivity index is 1.61. The van der Waals surface area contributed by atoms with Gasteiger partial charge in [0.05, 0.1) is 26.1 Å². The van der Waals surface area contributed by atoms with Gasteiger partial charge in [-0.1, -0.05) is 30.3 Å². The second kappa shape index (κ2) is 10.2. The van der Waals surface area contributed by atoms with Crippen molar-refractivity contribution < 1.29 is 23.5 Å². The standard InChI is InChI=1S/C19H27N6O5P/c1-13(25-12-21-16-17(25)23-19(20)24-18(16)29-3)9-15(28-2)11-30-31(26,27)22-10-14-7-5-4-6-8-14/h4-8,12-13,15H,9-11H2,1-3H3,(H2,20,23,24)(H2,22,26,27). The molecule has 2 heterocycles. The molecule has 4 N–H and O–H groups in total. The minimum atomic E-state index is -3.99. The lowest BCUT2D eigenvalue weighted by Crippen LogP contribution is -2.24. The fourth-order valence-corrected chi connectivity index (χ4v) is 3.96. The molecule has 3 unspecified atom stereocenters. The van der Waals surface area contributed by atoms with Gasteiger partial charge in [0.2, 0.25) is 11.8 Å². The van der Waals surface area contributed by atoms with Gasteiger partial charge in [0.25, 0.3) is 0 Å². The van der Waals surface area contributed by atoms with Crippen LogP contribution in [-0.4, -0.2) is 51.3 Å². The number of ether oxygens (including phenoxy) is 2. The van der Waals surface area contributed by atoms with Crippen LogP contribution in [-0.2, 0) is 20.4 Å². The number of fused-ring (bicyclic) bond motifs is 1. The molecule has 12 heteroatoms. The highest BCUT2D eigenvalue weighted by molar-refractivity contribution is 7.50. The monoisotopic (exact) mass is 450 g/mol.